The summed E-state index contributed by atoms with van der Waals surface area (Å²) in [7, 11) is 0. The third-order valence-corrected chi connectivity index (χ3v) is 3.92. The molecule has 1 aliphatic carbocycles. The van der Waals surface area contributed by atoms with Crippen molar-refractivity contribution in [1.29, 1.82) is 0 Å². The second-order valence-corrected chi connectivity index (χ2v) is 5.01. The number of hydrogen-bond acceptors (Lipinski definition) is 0. The Bertz CT molecular complexity index is 525. The number of fused-ring (bicyclic) bond motifs is 3. The van der Waals surface area contributed by atoms with Crippen molar-refractivity contribution in [3.63, 3.8) is 0 Å². The molecule has 3 N–H and O–H groups in total. The van der Waals surface area contributed by atoms with E-state index in [4.69, 9.17) is 0 Å². The number of aryl methyl sites for hydroxylation is 2. The molecule has 3 rings (SSSR count). The lowest BCUT2D eigenvalue weighted by molar-refractivity contribution is -0.368. The van der Waals surface area contributed by atoms with Crippen LogP contribution >= 0.6 is 0 Å². The van der Waals surface area contributed by atoms with Crippen LogP contribution < -0.4 is 5.73 Å². The molecule has 0 aliphatic heterocycles. The molecule has 17 heavy (non-hydrogen) atoms. The summed E-state index contributed by atoms with van der Waals surface area (Å²) >= 11 is 0. The lowest BCUT2D eigenvalue weighted by atomic mass is 9.95. The molecule has 0 saturated carbocycles. The molecule has 1 aromatic carbocycles. The van der Waals surface area contributed by atoms with E-state index in [1.807, 2.05) is 0 Å². The molecule has 0 spiro atoms. The molecule has 0 fully saturated rings. The highest BCUT2D eigenvalue weighted by Crippen LogP contribution is 2.32. The Morgan fingerprint density at radius 1 is 1.12 bits per heavy atom. The van der Waals surface area contributed by atoms with Crippen molar-refractivity contribution in [2.24, 2.45) is 0 Å². The fourth-order valence-electron chi connectivity index (χ4n) is 3.11. The van der Waals surface area contributed by atoms with Crippen LogP contribution in [0.3, 0.4) is 0 Å². The van der Waals surface area contributed by atoms with Crippen LogP contribution in [0.4, 0.5) is 0 Å². The van der Waals surface area contributed by atoms with Gasteiger partial charge in [0.05, 0.1) is 6.54 Å². The van der Waals surface area contributed by atoms with Gasteiger partial charge in [-0.05, 0) is 37.3 Å². The zero-order valence-corrected chi connectivity index (χ0v) is 10.4. The van der Waals surface area contributed by atoms with Crippen molar-refractivity contribution < 1.29 is 5.73 Å². The Balaban J connectivity index is 2.17. The summed E-state index contributed by atoms with van der Waals surface area (Å²) in [6.45, 7) is 2.17. The quantitative estimate of drug-likeness (QED) is 0.836. The lowest BCUT2D eigenvalue weighted by Crippen LogP contribution is -2.50. The second kappa shape index (κ2) is 4.53. The predicted molar refractivity (Wildman–Crippen MR) is 71.0 cm³/mol. The first-order valence-corrected chi connectivity index (χ1v) is 6.80. The summed E-state index contributed by atoms with van der Waals surface area (Å²) in [5.41, 5.74) is 8.63. The molecule has 0 radical (unpaired) electrons. The summed E-state index contributed by atoms with van der Waals surface area (Å²) in [4.78, 5) is 0. The monoisotopic (exact) mass is 229 g/mol. The van der Waals surface area contributed by atoms with Gasteiger partial charge in [-0.25, -0.2) is 0 Å². The maximum atomic E-state index is 3.96. The normalized spacial score (nSPS) is 15.1. The zero-order valence-electron chi connectivity index (χ0n) is 10.4. The molecule has 1 heterocycles. The summed E-state index contributed by atoms with van der Waals surface area (Å²) in [5, 5.41) is 1.49. The molecule has 0 unspecified atom stereocenters. The fraction of sp³-hybridized carbons (Fsp3) is 0.467. The van der Waals surface area contributed by atoms with E-state index in [1.54, 1.807) is 11.3 Å². The average Bonchev–Trinajstić information content (AvgIpc) is 2.71. The molecule has 0 saturated heterocycles. The summed E-state index contributed by atoms with van der Waals surface area (Å²) in [6.07, 6.45) is 6.43. The van der Waals surface area contributed by atoms with Gasteiger partial charge in [0, 0.05) is 29.6 Å². The van der Waals surface area contributed by atoms with Crippen LogP contribution in [0, 0.1) is 0 Å². The average molecular weight is 229 g/mol. The second-order valence-electron chi connectivity index (χ2n) is 5.01. The highest BCUT2D eigenvalue weighted by atomic mass is 15.0. The van der Waals surface area contributed by atoms with Gasteiger partial charge in [-0.15, -0.1) is 0 Å². The summed E-state index contributed by atoms with van der Waals surface area (Å²) < 4.78 is 2.55. The van der Waals surface area contributed by atoms with Gasteiger partial charge in [0.25, 0.3) is 0 Å². The third-order valence-electron chi connectivity index (χ3n) is 3.92. The van der Waals surface area contributed by atoms with Gasteiger partial charge in [0.1, 0.15) is 0 Å². The van der Waals surface area contributed by atoms with Crippen LogP contribution in [0.2, 0.25) is 0 Å². The van der Waals surface area contributed by atoms with Gasteiger partial charge in [0.15, 0.2) is 0 Å². The van der Waals surface area contributed by atoms with E-state index in [-0.39, 0.29) is 0 Å². The highest BCUT2D eigenvalue weighted by Gasteiger charge is 2.18. The van der Waals surface area contributed by atoms with Crippen molar-refractivity contribution in [2.75, 3.05) is 6.54 Å². The van der Waals surface area contributed by atoms with Gasteiger partial charge in [-0.3, -0.25) is 0 Å². The topological polar surface area (TPSA) is 32.6 Å². The van der Waals surface area contributed by atoms with E-state index >= 15 is 0 Å². The number of hydrogen-bond donors (Lipinski definition) is 1. The third kappa shape index (κ3) is 1.77. The number of para-hydroxylation sites is 1. The van der Waals surface area contributed by atoms with Gasteiger partial charge in [-0.1, -0.05) is 18.2 Å². The van der Waals surface area contributed by atoms with E-state index < -0.39 is 0 Å². The number of quaternary nitrogens is 1. The Labute approximate surface area is 102 Å². The van der Waals surface area contributed by atoms with Crippen LogP contribution in [0.25, 0.3) is 10.9 Å². The zero-order chi connectivity index (χ0) is 11.7. The fourth-order valence-corrected chi connectivity index (χ4v) is 3.11. The first-order chi connectivity index (χ1) is 8.42. The van der Waals surface area contributed by atoms with Gasteiger partial charge >= 0.3 is 0 Å². The molecule has 0 amide bonds. The minimum absolute atomic E-state index is 1.03. The van der Waals surface area contributed by atoms with Crippen molar-refractivity contribution in [2.45, 2.75) is 38.6 Å². The maximum absolute atomic E-state index is 3.96. The molecule has 2 heteroatoms. The van der Waals surface area contributed by atoms with Crippen LogP contribution in [-0.4, -0.2) is 11.1 Å². The van der Waals surface area contributed by atoms with Crippen molar-refractivity contribution >= 4 is 10.9 Å². The molecule has 1 aromatic heterocycles. The smallest absolute Gasteiger partial charge is 0.0757 e. The standard InChI is InChI=1S/C15H20N2/c16-10-5-11-17-14-8-3-1-6-12(14)13-7-2-4-9-15(13)17/h1,3,6,8H,2,4-5,7,9-11,16H2/p+1. The van der Waals surface area contributed by atoms with Gasteiger partial charge < -0.3 is 10.3 Å². The van der Waals surface area contributed by atoms with Crippen LogP contribution in [-0.2, 0) is 19.4 Å². The minimum atomic E-state index is 1.03. The molecule has 2 aromatic rings. The first-order valence-electron chi connectivity index (χ1n) is 6.80. The van der Waals surface area contributed by atoms with Crippen molar-refractivity contribution in [3.8, 4) is 0 Å². The van der Waals surface area contributed by atoms with E-state index in [1.165, 1.54) is 43.0 Å². The van der Waals surface area contributed by atoms with E-state index in [0.717, 1.165) is 13.1 Å². The SMILES string of the molecule is [NH3+]CCCn1c2c(c3ccccc31)CCCC2. The largest absolute Gasteiger partial charge is 0.358 e. The molecular formula is C15H21N2+. The molecular weight excluding hydrogens is 208 g/mol. The van der Waals surface area contributed by atoms with Crippen LogP contribution in [0.15, 0.2) is 24.3 Å². The highest BCUT2D eigenvalue weighted by molar-refractivity contribution is 5.85. The Kier molecular flexibility index (Phi) is 2.89. The summed E-state index contributed by atoms with van der Waals surface area (Å²) in [6, 6.07) is 8.90. The first kappa shape index (κ1) is 10.8. The molecule has 90 valence electrons. The molecule has 0 atom stereocenters. The van der Waals surface area contributed by atoms with Crippen LogP contribution in [0.5, 0.6) is 0 Å². The van der Waals surface area contributed by atoms with Gasteiger partial charge in [0.2, 0.25) is 0 Å². The predicted octanol–water partition coefficient (Wildman–Crippen LogP) is 2.15. The number of aromatic nitrogens is 1. The Hall–Kier alpha value is -1.28. The number of nitrogens with zero attached hydrogens (tertiary/aromatic N) is 1. The van der Waals surface area contributed by atoms with Crippen LogP contribution in [0.1, 0.15) is 30.5 Å². The Morgan fingerprint density at radius 2 is 1.94 bits per heavy atom. The minimum Gasteiger partial charge on any atom is -0.358 e. The molecule has 2 nitrogen and oxygen atoms in total. The van der Waals surface area contributed by atoms with Crippen molar-refractivity contribution in [3.05, 3.63) is 35.5 Å². The summed E-state index contributed by atoms with van der Waals surface area (Å²) in [5.74, 6) is 0. The molecule has 0 bridgehead atoms. The molecule has 1 aliphatic rings. The lowest BCUT2D eigenvalue weighted by Gasteiger charge is -2.15. The van der Waals surface area contributed by atoms with Crippen molar-refractivity contribution in [1.82, 2.24) is 4.57 Å². The van der Waals surface area contributed by atoms with E-state index in [0.29, 0.717) is 0 Å². The van der Waals surface area contributed by atoms with E-state index in [9.17, 15) is 0 Å². The Morgan fingerprint density at radius 3 is 2.82 bits per heavy atom. The van der Waals surface area contributed by atoms with E-state index in [2.05, 4.69) is 34.6 Å². The maximum Gasteiger partial charge on any atom is 0.0757 e. The van der Waals surface area contributed by atoms with Gasteiger partial charge in [-0.2, -0.15) is 0 Å². The number of rotatable bonds is 3. The number of benzene rings is 1.